The van der Waals surface area contributed by atoms with Crippen molar-refractivity contribution in [3.8, 4) is 16.4 Å². The van der Waals surface area contributed by atoms with Gasteiger partial charge in [0.2, 0.25) is 0 Å². The molecule has 0 fully saturated rings. The zero-order chi connectivity index (χ0) is 11.8. The summed E-state index contributed by atoms with van der Waals surface area (Å²) in [6, 6.07) is 6.09. The standard InChI is InChI=1S/C11H10N4S2/c1-14-10(12-13-11(14)16)9-8(4-7-17-9)15-5-2-3-6-15/h2-7H,1H3,(H,13,16). The smallest absolute Gasteiger partial charge is 0.195 e. The van der Waals surface area contributed by atoms with Crippen LogP contribution in [-0.4, -0.2) is 19.3 Å². The lowest BCUT2D eigenvalue weighted by Gasteiger charge is -2.04. The lowest BCUT2D eigenvalue weighted by Crippen LogP contribution is -1.95. The Hall–Kier alpha value is -1.66. The summed E-state index contributed by atoms with van der Waals surface area (Å²) in [4.78, 5) is 1.11. The first-order valence-electron chi connectivity index (χ1n) is 5.10. The number of rotatable bonds is 2. The Bertz CT molecular complexity index is 687. The largest absolute Gasteiger partial charge is 0.322 e. The van der Waals surface area contributed by atoms with E-state index in [1.807, 2.05) is 36.1 Å². The van der Waals surface area contributed by atoms with Gasteiger partial charge < -0.3 is 9.13 Å². The van der Waals surface area contributed by atoms with Gasteiger partial charge in [0, 0.05) is 19.4 Å². The predicted molar refractivity (Wildman–Crippen MR) is 71.0 cm³/mol. The highest BCUT2D eigenvalue weighted by molar-refractivity contribution is 7.71. The SMILES string of the molecule is Cn1c(-c2sccc2-n2cccc2)n[nH]c1=S. The number of nitrogens with zero attached hydrogens (tertiary/aromatic N) is 3. The van der Waals surface area contributed by atoms with Gasteiger partial charge in [0.25, 0.3) is 0 Å². The van der Waals surface area contributed by atoms with E-state index < -0.39 is 0 Å². The quantitative estimate of drug-likeness (QED) is 0.721. The van der Waals surface area contributed by atoms with Gasteiger partial charge in [0.15, 0.2) is 10.6 Å². The monoisotopic (exact) mass is 262 g/mol. The molecule has 17 heavy (non-hydrogen) atoms. The average Bonchev–Trinajstić information content (AvgIpc) is 3.01. The van der Waals surface area contributed by atoms with E-state index in [0.717, 1.165) is 16.4 Å². The summed E-state index contributed by atoms with van der Waals surface area (Å²) in [5.74, 6) is 0.869. The van der Waals surface area contributed by atoms with E-state index in [1.54, 1.807) is 11.3 Å². The second kappa shape index (κ2) is 3.97. The maximum atomic E-state index is 5.13. The highest BCUT2D eigenvalue weighted by Crippen LogP contribution is 2.30. The maximum absolute atomic E-state index is 5.13. The van der Waals surface area contributed by atoms with Crippen LogP contribution in [-0.2, 0) is 7.05 Å². The van der Waals surface area contributed by atoms with Crippen molar-refractivity contribution in [2.24, 2.45) is 7.05 Å². The summed E-state index contributed by atoms with van der Waals surface area (Å²) >= 11 is 6.79. The second-order valence-electron chi connectivity index (χ2n) is 3.64. The minimum atomic E-state index is 0.631. The van der Waals surface area contributed by atoms with Crippen LogP contribution in [0, 0.1) is 4.77 Å². The molecule has 3 rings (SSSR count). The molecule has 0 atom stereocenters. The van der Waals surface area contributed by atoms with Crippen molar-refractivity contribution in [1.82, 2.24) is 19.3 Å². The summed E-state index contributed by atoms with van der Waals surface area (Å²) in [5, 5.41) is 9.14. The first kappa shape index (κ1) is 10.5. The van der Waals surface area contributed by atoms with E-state index in [2.05, 4.69) is 26.2 Å². The van der Waals surface area contributed by atoms with Gasteiger partial charge >= 0.3 is 0 Å². The van der Waals surface area contributed by atoms with Gasteiger partial charge in [-0.25, -0.2) is 0 Å². The minimum absolute atomic E-state index is 0.631. The summed E-state index contributed by atoms with van der Waals surface area (Å²) in [7, 11) is 1.92. The highest BCUT2D eigenvalue weighted by Gasteiger charge is 2.13. The topological polar surface area (TPSA) is 38.5 Å². The Labute approximate surface area is 107 Å². The molecule has 0 saturated carbocycles. The third-order valence-electron chi connectivity index (χ3n) is 2.61. The van der Waals surface area contributed by atoms with Gasteiger partial charge in [0.05, 0.1) is 10.6 Å². The zero-order valence-corrected chi connectivity index (χ0v) is 10.8. The fourth-order valence-corrected chi connectivity index (χ4v) is 2.77. The molecule has 0 aliphatic carbocycles. The Morgan fingerprint density at radius 3 is 2.76 bits per heavy atom. The number of hydrogen-bond acceptors (Lipinski definition) is 3. The van der Waals surface area contributed by atoms with Crippen LogP contribution < -0.4 is 0 Å². The van der Waals surface area contributed by atoms with E-state index >= 15 is 0 Å². The number of aromatic nitrogens is 4. The third-order valence-corrected chi connectivity index (χ3v) is 3.87. The third kappa shape index (κ3) is 1.65. The molecule has 3 aromatic heterocycles. The van der Waals surface area contributed by atoms with Crippen molar-refractivity contribution < 1.29 is 0 Å². The molecule has 0 bridgehead atoms. The summed E-state index contributed by atoms with van der Waals surface area (Å²) < 4.78 is 4.59. The molecular weight excluding hydrogens is 252 g/mol. The van der Waals surface area contributed by atoms with Crippen molar-refractivity contribution in [2.45, 2.75) is 0 Å². The van der Waals surface area contributed by atoms with E-state index in [-0.39, 0.29) is 0 Å². The number of thiophene rings is 1. The molecule has 4 nitrogen and oxygen atoms in total. The molecule has 0 saturated heterocycles. The molecule has 0 aliphatic heterocycles. The summed E-state index contributed by atoms with van der Waals surface area (Å²) in [5.41, 5.74) is 1.12. The van der Waals surface area contributed by atoms with Crippen molar-refractivity contribution in [2.75, 3.05) is 0 Å². The average molecular weight is 262 g/mol. The van der Waals surface area contributed by atoms with Crippen molar-refractivity contribution in [1.29, 1.82) is 0 Å². The van der Waals surface area contributed by atoms with E-state index in [0.29, 0.717) is 4.77 Å². The molecule has 0 aromatic carbocycles. The lowest BCUT2D eigenvalue weighted by molar-refractivity contribution is 0.902. The second-order valence-corrected chi connectivity index (χ2v) is 4.94. The van der Waals surface area contributed by atoms with Crippen LogP contribution in [0.25, 0.3) is 16.4 Å². The molecule has 0 unspecified atom stereocenters. The molecule has 86 valence electrons. The van der Waals surface area contributed by atoms with Crippen molar-refractivity contribution in [3.63, 3.8) is 0 Å². The molecule has 3 aromatic rings. The number of nitrogens with one attached hydrogen (secondary N) is 1. The molecule has 0 amide bonds. The Balaban J connectivity index is 2.20. The lowest BCUT2D eigenvalue weighted by atomic mass is 10.3. The van der Waals surface area contributed by atoms with E-state index in [9.17, 15) is 0 Å². The molecule has 0 aliphatic rings. The Kier molecular flexibility index (Phi) is 2.45. The van der Waals surface area contributed by atoms with Crippen LogP contribution in [0.15, 0.2) is 36.0 Å². The van der Waals surface area contributed by atoms with Gasteiger partial charge in [-0.05, 0) is 35.8 Å². The molecule has 0 spiro atoms. The fourth-order valence-electron chi connectivity index (χ4n) is 1.72. The van der Waals surface area contributed by atoms with Crippen LogP contribution in [0.5, 0.6) is 0 Å². The number of hydrogen-bond donors (Lipinski definition) is 1. The van der Waals surface area contributed by atoms with Crippen molar-refractivity contribution >= 4 is 23.6 Å². The van der Waals surface area contributed by atoms with E-state index in [4.69, 9.17) is 12.2 Å². The predicted octanol–water partition coefficient (Wildman–Crippen LogP) is 3.00. The van der Waals surface area contributed by atoms with Crippen LogP contribution in [0.4, 0.5) is 0 Å². The maximum Gasteiger partial charge on any atom is 0.195 e. The zero-order valence-electron chi connectivity index (χ0n) is 9.12. The van der Waals surface area contributed by atoms with Gasteiger partial charge in [-0.1, -0.05) is 0 Å². The van der Waals surface area contributed by atoms with Crippen LogP contribution in [0.2, 0.25) is 0 Å². The molecule has 1 N–H and O–H groups in total. The van der Waals surface area contributed by atoms with Crippen LogP contribution >= 0.6 is 23.6 Å². The number of H-pyrrole nitrogens is 1. The van der Waals surface area contributed by atoms with Gasteiger partial charge in [0.1, 0.15) is 0 Å². The number of aromatic amines is 1. The fraction of sp³-hybridized carbons (Fsp3) is 0.0909. The van der Waals surface area contributed by atoms with Gasteiger partial charge in [-0.3, -0.25) is 5.10 Å². The van der Waals surface area contributed by atoms with Crippen molar-refractivity contribution in [3.05, 3.63) is 40.7 Å². The summed E-state index contributed by atoms with van der Waals surface area (Å²) in [6.45, 7) is 0. The molecular formula is C11H10N4S2. The first-order valence-corrected chi connectivity index (χ1v) is 6.39. The van der Waals surface area contributed by atoms with Crippen LogP contribution in [0.1, 0.15) is 0 Å². The highest BCUT2D eigenvalue weighted by atomic mass is 32.1. The Morgan fingerprint density at radius 2 is 2.12 bits per heavy atom. The Morgan fingerprint density at radius 1 is 1.35 bits per heavy atom. The first-order chi connectivity index (χ1) is 8.27. The molecule has 0 radical (unpaired) electrons. The van der Waals surface area contributed by atoms with Gasteiger partial charge in [-0.15, -0.1) is 11.3 Å². The summed E-state index contributed by atoms with van der Waals surface area (Å²) in [6.07, 6.45) is 4.04. The normalized spacial score (nSPS) is 10.9. The minimum Gasteiger partial charge on any atom is -0.322 e. The molecule has 6 heteroatoms. The molecule has 3 heterocycles. The van der Waals surface area contributed by atoms with Gasteiger partial charge in [-0.2, -0.15) is 5.10 Å². The van der Waals surface area contributed by atoms with E-state index in [1.165, 1.54) is 0 Å². The van der Waals surface area contributed by atoms with Crippen LogP contribution in [0.3, 0.4) is 0 Å².